The number of hydrogen-bond donors (Lipinski definition) is 2. The van der Waals surface area contributed by atoms with E-state index in [2.05, 4.69) is 19.2 Å². The Labute approximate surface area is 99.6 Å². The fourth-order valence-electron chi connectivity index (χ4n) is 1.53. The SMILES string of the molecule is CC(NC(=O)N1CCSC(C)(C)C1)C(=O)O. The number of carboxylic acid groups (broad SMARTS) is 1. The number of hydrogen-bond acceptors (Lipinski definition) is 3. The first-order valence-electron chi connectivity index (χ1n) is 5.24. The molecule has 6 heteroatoms. The van der Waals surface area contributed by atoms with Crippen LogP contribution in [0.2, 0.25) is 0 Å². The lowest BCUT2D eigenvalue weighted by molar-refractivity contribution is -0.138. The van der Waals surface area contributed by atoms with Crippen LogP contribution in [0.5, 0.6) is 0 Å². The number of carbonyl (C=O) groups excluding carboxylic acids is 1. The molecule has 1 saturated heterocycles. The molecule has 5 nitrogen and oxygen atoms in total. The van der Waals surface area contributed by atoms with Crippen molar-refractivity contribution < 1.29 is 14.7 Å². The average molecular weight is 246 g/mol. The summed E-state index contributed by atoms with van der Waals surface area (Å²) in [6.45, 7) is 6.95. The van der Waals surface area contributed by atoms with E-state index in [1.807, 2.05) is 11.8 Å². The summed E-state index contributed by atoms with van der Waals surface area (Å²) in [7, 11) is 0. The Morgan fingerprint density at radius 2 is 2.12 bits per heavy atom. The summed E-state index contributed by atoms with van der Waals surface area (Å²) in [5.41, 5.74) is 0. The van der Waals surface area contributed by atoms with Gasteiger partial charge in [0.25, 0.3) is 0 Å². The molecule has 16 heavy (non-hydrogen) atoms. The van der Waals surface area contributed by atoms with Gasteiger partial charge in [-0.05, 0) is 20.8 Å². The number of nitrogens with one attached hydrogen (secondary N) is 1. The Morgan fingerprint density at radius 1 is 1.50 bits per heavy atom. The van der Waals surface area contributed by atoms with Crippen molar-refractivity contribution in [3.05, 3.63) is 0 Å². The van der Waals surface area contributed by atoms with E-state index in [4.69, 9.17) is 5.11 Å². The molecule has 1 aliphatic rings. The summed E-state index contributed by atoms with van der Waals surface area (Å²) in [5, 5.41) is 11.2. The van der Waals surface area contributed by atoms with Crippen LogP contribution >= 0.6 is 11.8 Å². The summed E-state index contributed by atoms with van der Waals surface area (Å²) in [5.74, 6) is -0.124. The molecule has 0 saturated carbocycles. The molecule has 2 N–H and O–H groups in total. The van der Waals surface area contributed by atoms with Gasteiger partial charge in [0.1, 0.15) is 6.04 Å². The first-order chi connectivity index (χ1) is 7.32. The third-order valence-corrected chi connectivity index (χ3v) is 3.72. The number of rotatable bonds is 2. The topological polar surface area (TPSA) is 69.6 Å². The van der Waals surface area contributed by atoms with Gasteiger partial charge < -0.3 is 15.3 Å². The Bertz CT molecular complexity index is 294. The Kier molecular flexibility index (Phi) is 4.07. The summed E-state index contributed by atoms with van der Waals surface area (Å²) in [6, 6.07) is -1.13. The van der Waals surface area contributed by atoms with Gasteiger partial charge in [-0.1, -0.05) is 0 Å². The van der Waals surface area contributed by atoms with Gasteiger partial charge >= 0.3 is 12.0 Å². The molecule has 0 aromatic rings. The predicted octanol–water partition coefficient (Wildman–Crippen LogP) is 0.997. The van der Waals surface area contributed by atoms with Crippen molar-refractivity contribution in [1.82, 2.24) is 10.2 Å². The number of carbonyl (C=O) groups is 2. The quantitative estimate of drug-likeness (QED) is 0.762. The number of urea groups is 1. The van der Waals surface area contributed by atoms with E-state index in [-0.39, 0.29) is 10.8 Å². The molecule has 1 heterocycles. The van der Waals surface area contributed by atoms with Gasteiger partial charge in [-0.3, -0.25) is 4.79 Å². The second-order valence-corrected chi connectivity index (χ2v) is 6.34. The zero-order chi connectivity index (χ0) is 12.3. The van der Waals surface area contributed by atoms with Crippen molar-refractivity contribution in [3.63, 3.8) is 0 Å². The first-order valence-corrected chi connectivity index (χ1v) is 6.22. The summed E-state index contributed by atoms with van der Waals surface area (Å²) < 4.78 is 0.0437. The molecule has 0 radical (unpaired) electrons. The normalized spacial score (nSPS) is 21.3. The monoisotopic (exact) mass is 246 g/mol. The van der Waals surface area contributed by atoms with Gasteiger partial charge in [0.15, 0.2) is 0 Å². The van der Waals surface area contributed by atoms with E-state index < -0.39 is 12.0 Å². The van der Waals surface area contributed by atoms with E-state index in [0.717, 1.165) is 5.75 Å². The van der Waals surface area contributed by atoms with Crippen molar-refractivity contribution in [2.24, 2.45) is 0 Å². The number of carboxylic acids is 1. The van der Waals surface area contributed by atoms with Crippen molar-refractivity contribution in [1.29, 1.82) is 0 Å². The maximum absolute atomic E-state index is 11.7. The lowest BCUT2D eigenvalue weighted by atomic mass is 10.2. The van der Waals surface area contributed by atoms with Crippen LogP contribution in [0.1, 0.15) is 20.8 Å². The van der Waals surface area contributed by atoms with Gasteiger partial charge in [-0.2, -0.15) is 11.8 Å². The summed E-state index contributed by atoms with van der Waals surface area (Å²) >= 11 is 1.83. The van der Waals surface area contributed by atoms with E-state index >= 15 is 0 Å². The highest BCUT2D eigenvalue weighted by Gasteiger charge is 2.30. The largest absolute Gasteiger partial charge is 0.480 e. The molecular weight excluding hydrogens is 228 g/mol. The van der Waals surface area contributed by atoms with E-state index in [9.17, 15) is 9.59 Å². The van der Waals surface area contributed by atoms with E-state index in [1.165, 1.54) is 6.92 Å². The lowest BCUT2D eigenvalue weighted by Gasteiger charge is -2.37. The third kappa shape index (κ3) is 3.59. The van der Waals surface area contributed by atoms with Crippen molar-refractivity contribution >= 4 is 23.8 Å². The maximum Gasteiger partial charge on any atom is 0.325 e. The zero-order valence-electron chi connectivity index (χ0n) is 9.82. The fraction of sp³-hybridized carbons (Fsp3) is 0.800. The van der Waals surface area contributed by atoms with E-state index in [1.54, 1.807) is 4.90 Å². The minimum absolute atomic E-state index is 0.0437. The highest BCUT2D eigenvalue weighted by Crippen LogP contribution is 2.29. The number of amides is 2. The zero-order valence-corrected chi connectivity index (χ0v) is 10.6. The Balaban J connectivity index is 2.51. The van der Waals surface area contributed by atoms with Crippen molar-refractivity contribution in [3.8, 4) is 0 Å². The molecular formula is C10H18N2O3S. The van der Waals surface area contributed by atoms with Crippen LogP contribution in [0.15, 0.2) is 0 Å². The molecule has 92 valence electrons. The molecule has 0 bridgehead atoms. The molecule has 1 atom stereocenters. The highest BCUT2D eigenvalue weighted by molar-refractivity contribution is 8.00. The lowest BCUT2D eigenvalue weighted by Crippen LogP contribution is -2.53. The number of thioether (sulfide) groups is 1. The smallest absolute Gasteiger partial charge is 0.325 e. The van der Waals surface area contributed by atoms with Gasteiger partial charge in [0.2, 0.25) is 0 Å². The number of nitrogens with zero attached hydrogens (tertiary/aromatic N) is 1. The van der Waals surface area contributed by atoms with Crippen LogP contribution in [0.4, 0.5) is 4.79 Å². The summed E-state index contributed by atoms with van der Waals surface area (Å²) in [4.78, 5) is 24.0. The molecule has 0 aliphatic carbocycles. The average Bonchev–Trinajstić information content (AvgIpc) is 2.15. The maximum atomic E-state index is 11.7. The van der Waals surface area contributed by atoms with Crippen LogP contribution < -0.4 is 5.32 Å². The van der Waals surface area contributed by atoms with Gasteiger partial charge in [-0.25, -0.2) is 4.79 Å². The van der Waals surface area contributed by atoms with E-state index in [0.29, 0.717) is 13.1 Å². The van der Waals surface area contributed by atoms with Crippen LogP contribution in [0.25, 0.3) is 0 Å². The molecule has 1 rings (SSSR count). The molecule has 1 unspecified atom stereocenters. The third-order valence-electron chi connectivity index (χ3n) is 2.42. The van der Waals surface area contributed by atoms with Gasteiger partial charge in [-0.15, -0.1) is 0 Å². The second-order valence-electron chi connectivity index (χ2n) is 4.54. The number of aliphatic carboxylic acids is 1. The molecule has 1 aliphatic heterocycles. The van der Waals surface area contributed by atoms with Crippen LogP contribution in [-0.4, -0.2) is 51.6 Å². The Hall–Kier alpha value is -0.910. The van der Waals surface area contributed by atoms with Gasteiger partial charge in [0, 0.05) is 23.6 Å². The Morgan fingerprint density at radius 3 is 2.62 bits per heavy atom. The molecule has 2 amide bonds. The van der Waals surface area contributed by atoms with Crippen molar-refractivity contribution in [2.45, 2.75) is 31.6 Å². The second kappa shape index (κ2) is 4.95. The van der Waals surface area contributed by atoms with Crippen LogP contribution in [-0.2, 0) is 4.79 Å². The molecule has 0 aromatic carbocycles. The minimum atomic E-state index is -1.01. The summed E-state index contributed by atoms with van der Waals surface area (Å²) in [6.07, 6.45) is 0. The van der Waals surface area contributed by atoms with Crippen LogP contribution in [0, 0.1) is 0 Å². The standard InChI is InChI=1S/C10H18N2O3S/c1-7(8(13)14)11-9(15)12-4-5-16-10(2,3)6-12/h7H,4-6H2,1-3H3,(H,11,15)(H,13,14). The minimum Gasteiger partial charge on any atom is -0.480 e. The molecule has 0 aromatic heterocycles. The fourth-order valence-corrected chi connectivity index (χ4v) is 2.64. The first kappa shape index (κ1) is 13.2. The molecule has 0 spiro atoms. The van der Waals surface area contributed by atoms with Gasteiger partial charge in [0.05, 0.1) is 0 Å². The highest BCUT2D eigenvalue weighted by atomic mass is 32.2. The van der Waals surface area contributed by atoms with Crippen molar-refractivity contribution in [2.75, 3.05) is 18.8 Å². The van der Waals surface area contributed by atoms with Crippen LogP contribution in [0.3, 0.4) is 0 Å². The molecule has 1 fully saturated rings. The predicted molar refractivity (Wildman–Crippen MR) is 63.7 cm³/mol.